The Morgan fingerprint density at radius 2 is 2.24 bits per heavy atom. The molecule has 0 spiro atoms. The molecule has 0 aliphatic heterocycles. The molecular formula is C9H6BrClN4OS. The normalized spacial score (nSPS) is 10.5. The van der Waals surface area contributed by atoms with Crippen molar-refractivity contribution in [3.63, 3.8) is 0 Å². The first-order valence-electron chi connectivity index (χ1n) is 4.40. The van der Waals surface area contributed by atoms with Crippen LogP contribution in [0.25, 0.3) is 0 Å². The topological polar surface area (TPSA) is 84.7 Å². The number of hydrogen-bond donors (Lipinski definition) is 2. The molecule has 0 bridgehead atoms. The molecule has 2 rings (SSSR count). The Hall–Kier alpha value is -1.05. The van der Waals surface area contributed by atoms with E-state index in [0.717, 1.165) is 16.2 Å². The van der Waals surface area contributed by atoms with Gasteiger partial charge in [-0.15, -0.1) is 0 Å². The number of nitrogens with zero attached hydrogens (tertiary/aromatic N) is 2. The van der Waals surface area contributed by atoms with Gasteiger partial charge in [0.15, 0.2) is 5.16 Å². The molecule has 2 aromatic rings. The van der Waals surface area contributed by atoms with E-state index in [-0.39, 0.29) is 11.4 Å². The number of rotatable bonds is 2. The minimum absolute atomic E-state index is 0.157. The molecular weight excluding hydrogens is 328 g/mol. The van der Waals surface area contributed by atoms with Crippen molar-refractivity contribution in [2.75, 3.05) is 5.73 Å². The first-order valence-corrected chi connectivity index (χ1v) is 6.39. The second kappa shape index (κ2) is 5.07. The fourth-order valence-corrected chi connectivity index (χ4v) is 2.56. The van der Waals surface area contributed by atoms with E-state index < -0.39 is 0 Å². The zero-order valence-corrected chi connectivity index (χ0v) is 11.4. The van der Waals surface area contributed by atoms with Gasteiger partial charge in [0, 0.05) is 16.7 Å². The SMILES string of the molecule is Nc1cc(=O)[nH]c(Sc2ncc(Br)cc2Cl)n1. The Morgan fingerprint density at radius 3 is 2.88 bits per heavy atom. The molecule has 0 saturated heterocycles. The van der Waals surface area contributed by atoms with Crippen molar-refractivity contribution in [3.05, 3.63) is 38.2 Å². The van der Waals surface area contributed by atoms with Gasteiger partial charge in [0.1, 0.15) is 10.8 Å². The molecule has 0 atom stereocenters. The van der Waals surface area contributed by atoms with Crippen LogP contribution in [0.4, 0.5) is 5.82 Å². The van der Waals surface area contributed by atoms with Crippen molar-refractivity contribution in [1.82, 2.24) is 15.0 Å². The predicted molar refractivity (Wildman–Crippen MR) is 70.3 cm³/mol. The van der Waals surface area contributed by atoms with Gasteiger partial charge in [-0.25, -0.2) is 9.97 Å². The summed E-state index contributed by atoms with van der Waals surface area (Å²) in [5, 5.41) is 1.37. The average molecular weight is 334 g/mol. The largest absolute Gasteiger partial charge is 0.383 e. The van der Waals surface area contributed by atoms with Crippen LogP contribution < -0.4 is 11.3 Å². The van der Waals surface area contributed by atoms with Crippen LogP contribution in [-0.2, 0) is 0 Å². The van der Waals surface area contributed by atoms with E-state index in [2.05, 4.69) is 30.9 Å². The predicted octanol–water partition coefficient (Wildman–Crippen LogP) is 2.31. The zero-order chi connectivity index (χ0) is 12.4. The maximum atomic E-state index is 11.2. The van der Waals surface area contributed by atoms with Crippen molar-refractivity contribution in [2.24, 2.45) is 0 Å². The standard InChI is InChI=1S/C9H6BrClN4OS/c10-4-1-5(11)8(13-3-4)17-9-14-6(12)2-7(16)15-9/h1-3H,(H3,12,14,15,16). The van der Waals surface area contributed by atoms with Gasteiger partial charge < -0.3 is 10.7 Å². The van der Waals surface area contributed by atoms with Gasteiger partial charge in [0.25, 0.3) is 5.56 Å². The Labute approximate surface area is 114 Å². The lowest BCUT2D eigenvalue weighted by Gasteiger charge is -2.03. The van der Waals surface area contributed by atoms with Crippen LogP contribution in [0.3, 0.4) is 0 Å². The van der Waals surface area contributed by atoms with Crippen molar-refractivity contribution in [3.8, 4) is 0 Å². The zero-order valence-electron chi connectivity index (χ0n) is 8.28. The van der Waals surface area contributed by atoms with E-state index in [0.29, 0.717) is 15.2 Å². The molecule has 5 nitrogen and oxygen atoms in total. The summed E-state index contributed by atoms with van der Waals surface area (Å²) < 4.78 is 0.779. The van der Waals surface area contributed by atoms with E-state index in [4.69, 9.17) is 17.3 Å². The summed E-state index contributed by atoms with van der Waals surface area (Å²) in [6.07, 6.45) is 1.61. The van der Waals surface area contributed by atoms with Crippen LogP contribution in [0.2, 0.25) is 5.02 Å². The van der Waals surface area contributed by atoms with Crippen LogP contribution >= 0.6 is 39.3 Å². The summed E-state index contributed by atoms with van der Waals surface area (Å²) in [4.78, 5) is 21.8. The van der Waals surface area contributed by atoms with Crippen LogP contribution in [-0.4, -0.2) is 15.0 Å². The average Bonchev–Trinajstić information content (AvgIpc) is 2.21. The number of aromatic nitrogens is 3. The molecule has 0 aliphatic carbocycles. The van der Waals surface area contributed by atoms with Crippen LogP contribution in [0.15, 0.2) is 37.8 Å². The Morgan fingerprint density at radius 1 is 1.47 bits per heavy atom. The van der Waals surface area contributed by atoms with E-state index >= 15 is 0 Å². The van der Waals surface area contributed by atoms with Crippen molar-refractivity contribution < 1.29 is 0 Å². The van der Waals surface area contributed by atoms with Gasteiger partial charge in [-0.2, -0.15) is 0 Å². The molecule has 2 aromatic heterocycles. The summed E-state index contributed by atoms with van der Waals surface area (Å²) in [5.41, 5.74) is 5.16. The second-order valence-electron chi connectivity index (χ2n) is 3.02. The van der Waals surface area contributed by atoms with Crippen LogP contribution in [0.5, 0.6) is 0 Å². The van der Waals surface area contributed by atoms with E-state index in [1.165, 1.54) is 6.07 Å². The molecule has 0 aliphatic rings. The van der Waals surface area contributed by atoms with E-state index in [1.54, 1.807) is 12.3 Å². The summed E-state index contributed by atoms with van der Waals surface area (Å²) in [5.74, 6) is 0.157. The third kappa shape index (κ3) is 3.21. The Bertz CT molecular complexity index is 618. The van der Waals surface area contributed by atoms with Gasteiger partial charge in [-0.05, 0) is 33.8 Å². The summed E-state index contributed by atoms with van der Waals surface area (Å²) >= 11 is 10.4. The number of pyridine rings is 1. The molecule has 0 aromatic carbocycles. The summed E-state index contributed by atoms with van der Waals surface area (Å²) in [6.45, 7) is 0. The maximum absolute atomic E-state index is 11.2. The Balaban J connectivity index is 2.34. The third-order valence-corrected chi connectivity index (χ3v) is 3.45. The first kappa shape index (κ1) is 12.4. The van der Waals surface area contributed by atoms with Crippen LogP contribution in [0.1, 0.15) is 0 Å². The van der Waals surface area contributed by atoms with Crippen LogP contribution in [0, 0.1) is 0 Å². The highest BCUT2D eigenvalue weighted by molar-refractivity contribution is 9.10. The third-order valence-electron chi connectivity index (χ3n) is 1.71. The lowest BCUT2D eigenvalue weighted by Crippen LogP contribution is -2.09. The van der Waals surface area contributed by atoms with Gasteiger partial charge in [0.2, 0.25) is 0 Å². The van der Waals surface area contributed by atoms with Gasteiger partial charge in [-0.3, -0.25) is 4.79 Å². The molecule has 2 heterocycles. The molecule has 0 unspecified atom stereocenters. The van der Waals surface area contributed by atoms with Crippen molar-refractivity contribution >= 4 is 45.1 Å². The minimum Gasteiger partial charge on any atom is -0.383 e. The highest BCUT2D eigenvalue weighted by Crippen LogP contribution is 2.30. The number of nitrogens with one attached hydrogen (secondary N) is 1. The van der Waals surface area contributed by atoms with Crippen molar-refractivity contribution in [2.45, 2.75) is 10.2 Å². The monoisotopic (exact) mass is 332 g/mol. The van der Waals surface area contributed by atoms with Gasteiger partial charge in [0.05, 0.1) is 5.02 Å². The highest BCUT2D eigenvalue weighted by atomic mass is 79.9. The Kier molecular flexibility index (Phi) is 3.70. The smallest absolute Gasteiger partial charge is 0.253 e. The van der Waals surface area contributed by atoms with E-state index in [1.807, 2.05) is 0 Å². The van der Waals surface area contributed by atoms with Gasteiger partial charge >= 0.3 is 0 Å². The fourth-order valence-electron chi connectivity index (χ4n) is 1.07. The van der Waals surface area contributed by atoms with Gasteiger partial charge in [-0.1, -0.05) is 11.6 Å². The molecule has 0 saturated carbocycles. The molecule has 0 fully saturated rings. The molecule has 17 heavy (non-hydrogen) atoms. The molecule has 0 radical (unpaired) electrons. The van der Waals surface area contributed by atoms with Crippen molar-refractivity contribution in [1.29, 1.82) is 0 Å². The number of hydrogen-bond acceptors (Lipinski definition) is 5. The lowest BCUT2D eigenvalue weighted by molar-refractivity contribution is 0.940. The fraction of sp³-hybridized carbons (Fsp3) is 0. The highest BCUT2D eigenvalue weighted by Gasteiger charge is 2.07. The maximum Gasteiger partial charge on any atom is 0.253 e. The lowest BCUT2D eigenvalue weighted by atomic mass is 10.5. The first-order chi connectivity index (χ1) is 8.04. The minimum atomic E-state index is -0.312. The number of nitrogens with two attached hydrogens (primary N) is 1. The number of nitrogen functional groups attached to an aromatic ring is 1. The quantitative estimate of drug-likeness (QED) is 0.824. The molecule has 8 heteroatoms. The molecule has 3 N–H and O–H groups in total. The molecule has 88 valence electrons. The number of halogens is 2. The number of aromatic amines is 1. The number of anilines is 1. The van der Waals surface area contributed by atoms with E-state index in [9.17, 15) is 4.79 Å². The summed E-state index contributed by atoms with van der Waals surface area (Å²) in [7, 11) is 0. The summed E-state index contributed by atoms with van der Waals surface area (Å²) in [6, 6.07) is 2.92. The molecule has 0 amide bonds. The second-order valence-corrected chi connectivity index (χ2v) is 5.32. The number of H-pyrrole nitrogens is 1.